The lowest BCUT2D eigenvalue weighted by Gasteiger charge is -2.00. The van der Waals surface area contributed by atoms with Crippen LogP contribution in [0.1, 0.15) is 10.4 Å². The molecule has 98 valence electrons. The Morgan fingerprint density at radius 2 is 2.16 bits per heavy atom. The first kappa shape index (κ1) is 14.2. The van der Waals surface area contributed by atoms with Gasteiger partial charge in [-0.25, -0.2) is 0 Å². The second kappa shape index (κ2) is 6.83. The van der Waals surface area contributed by atoms with Gasteiger partial charge in [-0.3, -0.25) is 10.1 Å². The zero-order valence-electron chi connectivity index (χ0n) is 9.80. The number of nitrogens with one attached hydrogen (secondary N) is 1. The zero-order chi connectivity index (χ0) is 13.7. The van der Waals surface area contributed by atoms with E-state index in [9.17, 15) is 4.79 Å². The third-order valence-corrected chi connectivity index (χ3v) is 4.55. The molecule has 2 aromatic rings. The van der Waals surface area contributed by atoms with Crippen LogP contribution >= 0.6 is 39.0 Å². The summed E-state index contributed by atoms with van der Waals surface area (Å²) in [4.78, 5) is 11.9. The van der Waals surface area contributed by atoms with Gasteiger partial charge in [0.1, 0.15) is 0 Å². The number of amides is 1. The molecule has 1 aromatic carbocycles. The van der Waals surface area contributed by atoms with Crippen LogP contribution in [0, 0.1) is 0 Å². The molecule has 0 fully saturated rings. The third-order valence-electron chi connectivity index (χ3n) is 2.06. The van der Waals surface area contributed by atoms with E-state index in [1.54, 1.807) is 18.2 Å². The molecule has 7 heteroatoms. The Morgan fingerprint density at radius 1 is 1.42 bits per heavy atom. The van der Waals surface area contributed by atoms with E-state index in [-0.39, 0.29) is 5.91 Å². The maximum atomic E-state index is 11.9. The van der Waals surface area contributed by atoms with E-state index in [4.69, 9.17) is 0 Å². The molecular weight excluding hydrogens is 346 g/mol. The SMILES string of the molecule is C=CCSc1nnc(NC(=O)c2ccc(Br)cc2)s1. The Bertz CT molecular complexity index is 583. The quantitative estimate of drug-likeness (QED) is 0.503. The standard InChI is InChI=1S/C12H10BrN3OS2/c1-2-7-18-12-16-15-11(19-12)14-10(17)8-3-5-9(13)6-4-8/h2-6H,1,7H2,(H,14,15,17). The molecule has 1 heterocycles. The highest BCUT2D eigenvalue weighted by atomic mass is 79.9. The highest BCUT2D eigenvalue weighted by Gasteiger charge is 2.10. The molecule has 0 aliphatic carbocycles. The minimum atomic E-state index is -0.191. The van der Waals surface area contributed by atoms with E-state index < -0.39 is 0 Å². The molecule has 0 radical (unpaired) electrons. The summed E-state index contributed by atoms with van der Waals surface area (Å²) >= 11 is 6.21. The van der Waals surface area contributed by atoms with Crippen molar-refractivity contribution in [2.75, 3.05) is 11.1 Å². The van der Waals surface area contributed by atoms with Crippen molar-refractivity contribution in [3.05, 3.63) is 47.0 Å². The van der Waals surface area contributed by atoms with E-state index in [2.05, 4.69) is 38.0 Å². The lowest BCUT2D eigenvalue weighted by Crippen LogP contribution is -2.11. The number of carbonyl (C=O) groups is 1. The number of hydrogen-bond acceptors (Lipinski definition) is 5. The largest absolute Gasteiger partial charge is 0.296 e. The first-order valence-corrected chi connectivity index (χ1v) is 7.92. The summed E-state index contributed by atoms with van der Waals surface area (Å²) < 4.78 is 1.74. The maximum absolute atomic E-state index is 11.9. The van der Waals surface area contributed by atoms with Crippen LogP contribution in [0.3, 0.4) is 0 Å². The van der Waals surface area contributed by atoms with Gasteiger partial charge in [-0.1, -0.05) is 45.1 Å². The van der Waals surface area contributed by atoms with Gasteiger partial charge >= 0.3 is 0 Å². The van der Waals surface area contributed by atoms with Crippen molar-refractivity contribution >= 4 is 50.1 Å². The van der Waals surface area contributed by atoms with E-state index in [0.717, 1.165) is 14.6 Å². The van der Waals surface area contributed by atoms with Crippen LogP contribution in [0.4, 0.5) is 5.13 Å². The van der Waals surface area contributed by atoms with Gasteiger partial charge in [-0.05, 0) is 24.3 Å². The van der Waals surface area contributed by atoms with E-state index >= 15 is 0 Å². The molecule has 4 nitrogen and oxygen atoms in total. The van der Waals surface area contributed by atoms with E-state index in [1.165, 1.54) is 23.1 Å². The van der Waals surface area contributed by atoms with Crippen LogP contribution < -0.4 is 5.32 Å². The van der Waals surface area contributed by atoms with Crippen molar-refractivity contribution in [1.29, 1.82) is 0 Å². The number of rotatable bonds is 5. The summed E-state index contributed by atoms with van der Waals surface area (Å²) in [5.41, 5.74) is 0.582. The Labute approximate surface area is 127 Å². The molecule has 0 saturated heterocycles. The van der Waals surface area contributed by atoms with Crippen LogP contribution in [-0.4, -0.2) is 21.9 Å². The molecule has 0 unspecified atom stereocenters. The van der Waals surface area contributed by atoms with Gasteiger partial charge in [-0.2, -0.15) is 0 Å². The normalized spacial score (nSPS) is 10.2. The fraction of sp³-hybridized carbons (Fsp3) is 0.0833. The first-order valence-electron chi connectivity index (χ1n) is 5.33. The fourth-order valence-electron chi connectivity index (χ4n) is 1.22. The molecule has 0 spiro atoms. The Morgan fingerprint density at radius 3 is 2.84 bits per heavy atom. The number of halogens is 1. The highest BCUT2D eigenvalue weighted by molar-refractivity contribution is 9.10. The molecule has 0 bridgehead atoms. The van der Waals surface area contributed by atoms with Crippen LogP contribution in [-0.2, 0) is 0 Å². The number of thioether (sulfide) groups is 1. The molecule has 0 atom stereocenters. The second-order valence-electron chi connectivity index (χ2n) is 3.43. The van der Waals surface area contributed by atoms with Gasteiger partial charge in [0.25, 0.3) is 5.91 Å². The van der Waals surface area contributed by atoms with Crippen molar-refractivity contribution in [2.24, 2.45) is 0 Å². The summed E-state index contributed by atoms with van der Waals surface area (Å²) in [7, 11) is 0. The van der Waals surface area contributed by atoms with Crippen LogP contribution in [0.25, 0.3) is 0 Å². The van der Waals surface area contributed by atoms with Crippen molar-refractivity contribution < 1.29 is 4.79 Å². The van der Waals surface area contributed by atoms with Gasteiger partial charge < -0.3 is 0 Å². The molecule has 1 aromatic heterocycles. The molecule has 0 aliphatic rings. The minimum Gasteiger partial charge on any atom is -0.296 e. The summed E-state index contributed by atoms with van der Waals surface area (Å²) in [5.74, 6) is 0.582. The van der Waals surface area contributed by atoms with Gasteiger partial charge in [0.15, 0.2) is 4.34 Å². The summed E-state index contributed by atoms with van der Waals surface area (Å²) in [6, 6.07) is 7.13. The molecule has 0 saturated carbocycles. The summed E-state index contributed by atoms with van der Waals surface area (Å²) in [6.45, 7) is 3.64. The maximum Gasteiger partial charge on any atom is 0.257 e. The molecule has 0 aliphatic heterocycles. The molecule has 1 N–H and O–H groups in total. The first-order chi connectivity index (χ1) is 9.19. The molecular formula is C12H10BrN3OS2. The average molecular weight is 356 g/mol. The third kappa shape index (κ3) is 4.15. The molecule has 2 rings (SSSR count). The second-order valence-corrected chi connectivity index (χ2v) is 6.59. The van der Waals surface area contributed by atoms with Crippen molar-refractivity contribution in [3.8, 4) is 0 Å². The van der Waals surface area contributed by atoms with Gasteiger partial charge in [-0.15, -0.1) is 16.8 Å². The number of hydrogen-bond donors (Lipinski definition) is 1. The van der Waals surface area contributed by atoms with Gasteiger partial charge in [0, 0.05) is 15.8 Å². The minimum absolute atomic E-state index is 0.191. The zero-order valence-corrected chi connectivity index (χ0v) is 13.0. The smallest absolute Gasteiger partial charge is 0.257 e. The predicted octanol–water partition coefficient (Wildman–Crippen LogP) is 3.83. The monoisotopic (exact) mass is 355 g/mol. The molecule has 1 amide bonds. The van der Waals surface area contributed by atoms with Crippen molar-refractivity contribution in [2.45, 2.75) is 4.34 Å². The van der Waals surface area contributed by atoms with Crippen molar-refractivity contribution in [3.63, 3.8) is 0 Å². The van der Waals surface area contributed by atoms with Gasteiger partial charge in [0.2, 0.25) is 5.13 Å². The Kier molecular flexibility index (Phi) is 5.12. The fourth-order valence-corrected chi connectivity index (χ4v) is 2.99. The number of nitrogens with zero attached hydrogens (tertiary/aromatic N) is 2. The lowest BCUT2D eigenvalue weighted by atomic mass is 10.2. The highest BCUT2D eigenvalue weighted by Crippen LogP contribution is 2.25. The lowest BCUT2D eigenvalue weighted by molar-refractivity contribution is 0.102. The number of anilines is 1. The predicted molar refractivity (Wildman–Crippen MR) is 82.9 cm³/mol. The van der Waals surface area contributed by atoms with Gasteiger partial charge in [0.05, 0.1) is 0 Å². The number of carbonyl (C=O) groups excluding carboxylic acids is 1. The number of benzene rings is 1. The van der Waals surface area contributed by atoms with Crippen LogP contribution in [0.15, 0.2) is 45.7 Å². The summed E-state index contributed by atoms with van der Waals surface area (Å²) in [5, 5.41) is 11.1. The summed E-state index contributed by atoms with van der Waals surface area (Å²) in [6.07, 6.45) is 1.80. The Balaban J connectivity index is 2.00. The molecule has 19 heavy (non-hydrogen) atoms. The van der Waals surface area contributed by atoms with Crippen LogP contribution in [0.5, 0.6) is 0 Å². The van der Waals surface area contributed by atoms with Crippen molar-refractivity contribution in [1.82, 2.24) is 10.2 Å². The van der Waals surface area contributed by atoms with E-state index in [0.29, 0.717) is 10.7 Å². The average Bonchev–Trinajstić information content (AvgIpc) is 2.84. The van der Waals surface area contributed by atoms with E-state index in [1.807, 2.05) is 12.1 Å². The van der Waals surface area contributed by atoms with Crippen LogP contribution in [0.2, 0.25) is 0 Å². The number of aromatic nitrogens is 2. The topological polar surface area (TPSA) is 54.9 Å². The Hall–Kier alpha value is -1.18.